The standard InChI is InChI=1S/C28H25NO4/c1-3-32-21-11-7-10-20(17-21)25-24-26(30)22-16-18(2)12-13-23(22)33-27(24)28(31)29(25)15-14-19-8-5-4-6-9-19/h4-13,16-17,25H,3,14-15H2,1-2H3. The van der Waals surface area contributed by atoms with Gasteiger partial charge in [-0.05, 0) is 55.7 Å². The Morgan fingerprint density at radius 2 is 1.79 bits per heavy atom. The molecule has 5 rings (SSSR count). The highest BCUT2D eigenvalue weighted by Crippen LogP contribution is 2.39. The molecule has 0 radical (unpaired) electrons. The van der Waals surface area contributed by atoms with Crippen molar-refractivity contribution in [2.45, 2.75) is 26.3 Å². The Morgan fingerprint density at radius 3 is 2.58 bits per heavy atom. The summed E-state index contributed by atoms with van der Waals surface area (Å²) in [4.78, 5) is 28.9. The van der Waals surface area contributed by atoms with E-state index in [9.17, 15) is 9.59 Å². The molecule has 0 saturated heterocycles. The SMILES string of the molecule is CCOc1cccc(C2c3c(oc4ccc(C)cc4c3=O)C(=O)N2CCc2ccccc2)c1. The molecular weight excluding hydrogens is 414 g/mol. The van der Waals surface area contributed by atoms with Crippen LogP contribution >= 0.6 is 0 Å². The highest BCUT2D eigenvalue weighted by molar-refractivity contribution is 5.99. The predicted octanol–water partition coefficient (Wildman–Crippen LogP) is 5.29. The van der Waals surface area contributed by atoms with Gasteiger partial charge in [-0.15, -0.1) is 0 Å². The number of carbonyl (C=O) groups excluding carboxylic acids is 1. The normalized spacial score (nSPS) is 15.2. The van der Waals surface area contributed by atoms with Crippen molar-refractivity contribution in [3.63, 3.8) is 0 Å². The maximum absolute atomic E-state index is 13.7. The van der Waals surface area contributed by atoms with Crippen LogP contribution in [-0.4, -0.2) is 24.0 Å². The van der Waals surface area contributed by atoms with Crippen LogP contribution in [0.1, 0.15) is 45.8 Å². The van der Waals surface area contributed by atoms with Crippen LogP contribution < -0.4 is 10.2 Å². The smallest absolute Gasteiger partial charge is 0.290 e. The molecule has 1 atom stereocenters. The minimum absolute atomic E-state index is 0.135. The predicted molar refractivity (Wildman–Crippen MR) is 128 cm³/mol. The van der Waals surface area contributed by atoms with Crippen molar-refractivity contribution in [3.8, 4) is 5.75 Å². The van der Waals surface area contributed by atoms with Crippen molar-refractivity contribution in [1.82, 2.24) is 4.90 Å². The highest BCUT2D eigenvalue weighted by atomic mass is 16.5. The van der Waals surface area contributed by atoms with Crippen molar-refractivity contribution in [1.29, 1.82) is 0 Å². The molecular formula is C28H25NO4. The summed E-state index contributed by atoms with van der Waals surface area (Å²) < 4.78 is 11.7. The third kappa shape index (κ3) is 3.80. The van der Waals surface area contributed by atoms with Crippen LogP contribution in [0.4, 0.5) is 0 Å². The zero-order valence-electron chi connectivity index (χ0n) is 18.7. The van der Waals surface area contributed by atoms with E-state index < -0.39 is 6.04 Å². The van der Waals surface area contributed by atoms with Crippen molar-refractivity contribution < 1.29 is 13.9 Å². The Labute approximate surface area is 192 Å². The quantitative estimate of drug-likeness (QED) is 0.410. The Balaban J connectivity index is 1.65. The van der Waals surface area contributed by atoms with Gasteiger partial charge >= 0.3 is 0 Å². The summed E-state index contributed by atoms with van der Waals surface area (Å²) in [7, 11) is 0. The van der Waals surface area contributed by atoms with Crippen molar-refractivity contribution in [2.75, 3.05) is 13.2 Å². The maximum atomic E-state index is 13.7. The molecule has 0 saturated carbocycles. The number of carbonyl (C=O) groups is 1. The van der Waals surface area contributed by atoms with Gasteiger partial charge in [0.15, 0.2) is 5.43 Å². The van der Waals surface area contributed by atoms with E-state index in [0.29, 0.717) is 41.9 Å². The second kappa shape index (κ2) is 8.58. The minimum Gasteiger partial charge on any atom is -0.494 e. The second-order valence-electron chi connectivity index (χ2n) is 8.32. The lowest BCUT2D eigenvalue weighted by molar-refractivity contribution is 0.0730. The number of hydrogen-bond donors (Lipinski definition) is 0. The Morgan fingerprint density at radius 1 is 0.970 bits per heavy atom. The molecule has 4 aromatic rings. The fraction of sp³-hybridized carbons (Fsp3) is 0.214. The third-order valence-corrected chi connectivity index (χ3v) is 6.09. The summed E-state index contributed by atoms with van der Waals surface area (Å²) in [6.45, 7) is 4.86. The van der Waals surface area contributed by atoms with Crippen LogP contribution in [-0.2, 0) is 6.42 Å². The van der Waals surface area contributed by atoms with Crippen LogP contribution in [0, 0.1) is 6.92 Å². The summed E-state index contributed by atoms with van der Waals surface area (Å²) in [6.07, 6.45) is 0.676. The van der Waals surface area contributed by atoms with Gasteiger partial charge in [-0.1, -0.05) is 54.1 Å². The number of aryl methyl sites for hydroxylation is 1. The fourth-order valence-corrected chi connectivity index (χ4v) is 4.55. The van der Waals surface area contributed by atoms with E-state index in [1.54, 1.807) is 11.0 Å². The number of ether oxygens (including phenoxy) is 1. The molecule has 0 bridgehead atoms. The third-order valence-electron chi connectivity index (χ3n) is 6.09. The van der Waals surface area contributed by atoms with Crippen LogP contribution in [0.2, 0.25) is 0 Å². The fourth-order valence-electron chi connectivity index (χ4n) is 4.55. The minimum atomic E-state index is -0.530. The summed E-state index contributed by atoms with van der Waals surface area (Å²) >= 11 is 0. The molecule has 1 unspecified atom stereocenters. The average molecular weight is 440 g/mol. The van der Waals surface area contributed by atoms with Gasteiger partial charge in [0.2, 0.25) is 5.76 Å². The van der Waals surface area contributed by atoms with Crippen LogP contribution in [0.15, 0.2) is 82.0 Å². The lowest BCUT2D eigenvalue weighted by atomic mass is 9.97. The van der Waals surface area contributed by atoms with Gasteiger partial charge in [-0.2, -0.15) is 0 Å². The summed E-state index contributed by atoms with van der Waals surface area (Å²) in [5.74, 6) is 0.587. The first-order chi connectivity index (χ1) is 16.1. The topological polar surface area (TPSA) is 59.8 Å². The molecule has 1 aliphatic heterocycles. The van der Waals surface area contributed by atoms with Gasteiger partial charge in [0.1, 0.15) is 11.3 Å². The lowest BCUT2D eigenvalue weighted by Crippen LogP contribution is -2.31. The lowest BCUT2D eigenvalue weighted by Gasteiger charge is -2.25. The van der Waals surface area contributed by atoms with E-state index in [-0.39, 0.29) is 17.1 Å². The van der Waals surface area contributed by atoms with Gasteiger partial charge in [-0.3, -0.25) is 9.59 Å². The van der Waals surface area contributed by atoms with E-state index in [1.807, 2.05) is 80.6 Å². The van der Waals surface area contributed by atoms with Crippen molar-refractivity contribution in [2.24, 2.45) is 0 Å². The van der Waals surface area contributed by atoms with Crippen molar-refractivity contribution in [3.05, 3.63) is 111 Å². The zero-order valence-corrected chi connectivity index (χ0v) is 18.7. The zero-order chi connectivity index (χ0) is 22.9. The summed E-state index contributed by atoms with van der Waals surface area (Å²) in [5, 5.41) is 0.498. The van der Waals surface area contributed by atoms with Gasteiger partial charge < -0.3 is 14.1 Å². The number of nitrogens with zero attached hydrogens (tertiary/aromatic N) is 1. The largest absolute Gasteiger partial charge is 0.494 e. The summed E-state index contributed by atoms with van der Waals surface area (Å²) in [6, 6.07) is 22.6. The Hall–Kier alpha value is -3.86. The number of fused-ring (bicyclic) bond motifs is 2. The molecule has 5 heteroatoms. The molecule has 2 heterocycles. The molecule has 33 heavy (non-hydrogen) atoms. The molecule has 1 aliphatic rings. The highest BCUT2D eigenvalue weighted by Gasteiger charge is 2.42. The Bertz CT molecular complexity index is 1390. The first-order valence-corrected chi connectivity index (χ1v) is 11.2. The molecule has 5 nitrogen and oxygen atoms in total. The number of rotatable bonds is 6. The molecule has 166 valence electrons. The van der Waals surface area contributed by atoms with Gasteiger partial charge in [0.25, 0.3) is 5.91 Å². The van der Waals surface area contributed by atoms with Gasteiger partial charge in [-0.25, -0.2) is 0 Å². The monoisotopic (exact) mass is 439 g/mol. The molecule has 1 amide bonds. The Kier molecular flexibility index (Phi) is 5.47. The van der Waals surface area contributed by atoms with Crippen molar-refractivity contribution >= 4 is 16.9 Å². The van der Waals surface area contributed by atoms with Gasteiger partial charge in [0, 0.05) is 6.54 Å². The number of benzene rings is 3. The summed E-state index contributed by atoms with van der Waals surface area (Å²) in [5.41, 5.74) is 3.61. The van der Waals surface area contributed by atoms with Crippen LogP contribution in [0.3, 0.4) is 0 Å². The second-order valence-corrected chi connectivity index (χ2v) is 8.32. The molecule has 0 fully saturated rings. The maximum Gasteiger partial charge on any atom is 0.290 e. The van der Waals surface area contributed by atoms with E-state index in [2.05, 4.69) is 0 Å². The first kappa shape index (κ1) is 21.0. The number of amides is 1. The molecule has 3 aromatic carbocycles. The van der Waals surface area contributed by atoms with Crippen LogP contribution in [0.5, 0.6) is 5.75 Å². The molecule has 0 spiro atoms. The number of hydrogen-bond acceptors (Lipinski definition) is 4. The van der Waals surface area contributed by atoms with E-state index in [0.717, 1.165) is 16.7 Å². The van der Waals surface area contributed by atoms with E-state index >= 15 is 0 Å². The molecule has 1 aromatic heterocycles. The first-order valence-electron chi connectivity index (χ1n) is 11.2. The molecule has 0 aliphatic carbocycles. The average Bonchev–Trinajstić information content (AvgIpc) is 3.11. The van der Waals surface area contributed by atoms with Crippen LogP contribution in [0.25, 0.3) is 11.0 Å². The van der Waals surface area contributed by atoms with E-state index in [4.69, 9.17) is 9.15 Å². The van der Waals surface area contributed by atoms with E-state index in [1.165, 1.54) is 0 Å². The molecule has 0 N–H and O–H groups in total. The van der Waals surface area contributed by atoms with Gasteiger partial charge in [0.05, 0.1) is 23.6 Å².